The zero-order valence-electron chi connectivity index (χ0n) is 14.0. The summed E-state index contributed by atoms with van der Waals surface area (Å²) >= 11 is 0. The van der Waals surface area contributed by atoms with E-state index in [1.165, 1.54) is 0 Å². The Morgan fingerprint density at radius 2 is 1.96 bits per heavy atom. The summed E-state index contributed by atoms with van der Waals surface area (Å²) in [5.41, 5.74) is 1.85. The van der Waals surface area contributed by atoms with Gasteiger partial charge < -0.3 is 20.6 Å². The van der Waals surface area contributed by atoms with Gasteiger partial charge in [0.1, 0.15) is 0 Å². The molecule has 0 bridgehead atoms. The molecule has 1 fully saturated rings. The largest absolute Gasteiger partial charge is 0.393 e. The molecule has 132 valence electrons. The van der Waals surface area contributed by atoms with Crippen LogP contribution in [0.15, 0.2) is 24.3 Å². The monoisotopic (exact) mass is 334 g/mol. The lowest BCUT2D eigenvalue weighted by molar-refractivity contribution is -0.118. The SMILES string of the molecule is CCCNC(=O)NC(=O)CNc1ccccc1N1CCC(O)CC1. The molecule has 0 saturated carbocycles. The number of imide groups is 1. The minimum Gasteiger partial charge on any atom is -0.393 e. The van der Waals surface area contributed by atoms with Crippen molar-refractivity contribution < 1.29 is 14.7 Å². The van der Waals surface area contributed by atoms with E-state index in [-0.39, 0.29) is 18.6 Å². The van der Waals surface area contributed by atoms with Crippen molar-refractivity contribution in [1.29, 1.82) is 0 Å². The van der Waals surface area contributed by atoms with E-state index in [9.17, 15) is 14.7 Å². The van der Waals surface area contributed by atoms with E-state index in [1.807, 2.05) is 31.2 Å². The van der Waals surface area contributed by atoms with E-state index in [4.69, 9.17) is 0 Å². The number of amides is 3. The number of nitrogens with zero attached hydrogens (tertiary/aromatic N) is 1. The normalized spacial score (nSPS) is 15.0. The standard InChI is InChI=1S/C17H26N4O3/c1-2-9-18-17(24)20-16(23)12-19-14-5-3-4-6-15(14)21-10-7-13(22)8-11-21/h3-6,13,19,22H,2,7-12H2,1H3,(H2,18,20,23,24). The number of rotatable bonds is 6. The molecule has 1 heterocycles. The number of urea groups is 1. The fourth-order valence-electron chi connectivity index (χ4n) is 2.63. The summed E-state index contributed by atoms with van der Waals surface area (Å²) in [5, 5.41) is 17.6. The fourth-order valence-corrected chi connectivity index (χ4v) is 2.63. The highest BCUT2D eigenvalue weighted by molar-refractivity contribution is 5.96. The number of hydrogen-bond acceptors (Lipinski definition) is 5. The molecular formula is C17H26N4O3. The van der Waals surface area contributed by atoms with Crippen molar-refractivity contribution in [3.63, 3.8) is 0 Å². The summed E-state index contributed by atoms with van der Waals surface area (Å²) in [7, 11) is 0. The van der Waals surface area contributed by atoms with Crippen LogP contribution in [-0.2, 0) is 4.79 Å². The van der Waals surface area contributed by atoms with Crippen molar-refractivity contribution in [2.75, 3.05) is 36.4 Å². The number of aliphatic hydroxyl groups is 1. The van der Waals surface area contributed by atoms with Gasteiger partial charge >= 0.3 is 6.03 Å². The fraction of sp³-hybridized carbons (Fsp3) is 0.529. The van der Waals surface area contributed by atoms with Crippen LogP contribution in [0.5, 0.6) is 0 Å². The second kappa shape index (κ2) is 9.12. The number of anilines is 2. The number of hydrogen-bond donors (Lipinski definition) is 4. The van der Waals surface area contributed by atoms with E-state index >= 15 is 0 Å². The molecule has 7 nitrogen and oxygen atoms in total. The molecule has 1 aliphatic heterocycles. The Morgan fingerprint density at radius 3 is 2.67 bits per heavy atom. The van der Waals surface area contributed by atoms with Crippen LogP contribution in [0.1, 0.15) is 26.2 Å². The summed E-state index contributed by atoms with van der Waals surface area (Å²) in [6, 6.07) is 7.28. The minimum absolute atomic E-state index is 0.0209. The second-order valence-corrected chi connectivity index (χ2v) is 5.89. The number of carbonyl (C=O) groups excluding carboxylic acids is 2. The average molecular weight is 334 g/mol. The average Bonchev–Trinajstić information content (AvgIpc) is 2.59. The first-order chi connectivity index (χ1) is 11.6. The topological polar surface area (TPSA) is 93.7 Å². The Bertz CT molecular complexity index is 557. The second-order valence-electron chi connectivity index (χ2n) is 5.89. The van der Waals surface area contributed by atoms with Crippen LogP contribution in [0.25, 0.3) is 0 Å². The smallest absolute Gasteiger partial charge is 0.321 e. The summed E-state index contributed by atoms with van der Waals surface area (Å²) in [6.45, 7) is 4.07. The van der Waals surface area contributed by atoms with Crippen molar-refractivity contribution in [2.24, 2.45) is 0 Å². The van der Waals surface area contributed by atoms with Crippen molar-refractivity contribution >= 4 is 23.3 Å². The van der Waals surface area contributed by atoms with E-state index in [2.05, 4.69) is 20.9 Å². The number of nitrogens with one attached hydrogen (secondary N) is 3. The molecule has 1 aromatic rings. The maximum atomic E-state index is 11.8. The highest BCUT2D eigenvalue weighted by Gasteiger charge is 2.19. The van der Waals surface area contributed by atoms with Crippen LogP contribution in [-0.4, -0.2) is 49.3 Å². The Balaban J connectivity index is 1.88. The number of piperidine rings is 1. The minimum atomic E-state index is -0.470. The number of aliphatic hydroxyl groups excluding tert-OH is 1. The third kappa shape index (κ3) is 5.42. The first-order valence-electron chi connectivity index (χ1n) is 8.43. The lowest BCUT2D eigenvalue weighted by atomic mass is 10.1. The summed E-state index contributed by atoms with van der Waals surface area (Å²) in [6.07, 6.45) is 2.07. The zero-order valence-corrected chi connectivity index (χ0v) is 14.0. The van der Waals surface area contributed by atoms with Crippen LogP contribution in [0.4, 0.5) is 16.2 Å². The molecule has 7 heteroatoms. The van der Waals surface area contributed by atoms with Crippen molar-refractivity contribution in [3.8, 4) is 0 Å². The molecule has 1 saturated heterocycles. The van der Waals surface area contributed by atoms with Gasteiger partial charge in [0, 0.05) is 19.6 Å². The molecule has 4 N–H and O–H groups in total. The third-order valence-electron chi connectivity index (χ3n) is 3.94. The highest BCUT2D eigenvalue weighted by Crippen LogP contribution is 2.28. The van der Waals surface area contributed by atoms with Crippen molar-refractivity contribution in [1.82, 2.24) is 10.6 Å². The van der Waals surface area contributed by atoms with Crippen LogP contribution in [0, 0.1) is 0 Å². The predicted molar refractivity (Wildman–Crippen MR) is 94.2 cm³/mol. The maximum absolute atomic E-state index is 11.8. The third-order valence-corrected chi connectivity index (χ3v) is 3.94. The molecule has 0 radical (unpaired) electrons. The van der Waals surface area contributed by atoms with E-state index in [0.29, 0.717) is 6.54 Å². The van der Waals surface area contributed by atoms with Gasteiger partial charge in [0.15, 0.2) is 0 Å². The van der Waals surface area contributed by atoms with Crippen LogP contribution in [0.3, 0.4) is 0 Å². The first-order valence-corrected chi connectivity index (χ1v) is 8.43. The number of para-hydroxylation sites is 2. The Labute approximate surface area is 142 Å². The molecule has 2 rings (SSSR count). The molecule has 0 aliphatic carbocycles. The van der Waals surface area contributed by atoms with E-state index < -0.39 is 6.03 Å². The quantitative estimate of drug-likeness (QED) is 0.629. The highest BCUT2D eigenvalue weighted by atomic mass is 16.3. The summed E-state index contributed by atoms with van der Waals surface area (Å²) in [5.74, 6) is -0.382. The molecule has 0 atom stereocenters. The Morgan fingerprint density at radius 1 is 1.25 bits per heavy atom. The molecule has 1 aromatic carbocycles. The molecule has 24 heavy (non-hydrogen) atoms. The van der Waals surface area contributed by atoms with Crippen LogP contribution < -0.4 is 20.9 Å². The summed E-state index contributed by atoms with van der Waals surface area (Å²) < 4.78 is 0. The molecule has 0 unspecified atom stereocenters. The van der Waals surface area contributed by atoms with Gasteiger partial charge in [-0.2, -0.15) is 0 Å². The van der Waals surface area contributed by atoms with E-state index in [1.54, 1.807) is 0 Å². The van der Waals surface area contributed by atoms with Gasteiger partial charge in [-0.1, -0.05) is 19.1 Å². The lowest BCUT2D eigenvalue weighted by Crippen LogP contribution is -2.42. The first kappa shape index (κ1) is 18.1. The zero-order chi connectivity index (χ0) is 17.4. The predicted octanol–water partition coefficient (Wildman–Crippen LogP) is 1.30. The molecule has 0 spiro atoms. The van der Waals surface area contributed by atoms with E-state index in [0.717, 1.165) is 43.7 Å². The van der Waals surface area contributed by atoms with Gasteiger partial charge in [0.05, 0.1) is 24.0 Å². The molecule has 1 aliphatic rings. The van der Waals surface area contributed by atoms with Gasteiger partial charge in [0.2, 0.25) is 5.91 Å². The molecular weight excluding hydrogens is 308 g/mol. The maximum Gasteiger partial charge on any atom is 0.321 e. The van der Waals surface area contributed by atoms with Gasteiger partial charge in [-0.25, -0.2) is 4.79 Å². The van der Waals surface area contributed by atoms with Gasteiger partial charge in [-0.15, -0.1) is 0 Å². The van der Waals surface area contributed by atoms with Gasteiger partial charge in [-0.3, -0.25) is 10.1 Å². The number of benzene rings is 1. The lowest BCUT2D eigenvalue weighted by Gasteiger charge is -2.32. The van der Waals surface area contributed by atoms with Gasteiger partial charge in [-0.05, 0) is 31.4 Å². The van der Waals surface area contributed by atoms with Crippen molar-refractivity contribution in [3.05, 3.63) is 24.3 Å². The van der Waals surface area contributed by atoms with Crippen molar-refractivity contribution in [2.45, 2.75) is 32.3 Å². The van der Waals surface area contributed by atoms with Crippen LogP contribution >= 0.6 is 0 Å². The summed E-state index contributed by atoms with van der Waals surface area (Å²) in [4.78, 5) is 25.5. The Hall–Kier alpha value is -2.28. The number of carbonyl (C=O) groups is 2. The van der Waals surface area contributed by atoms with Gasteiger partial charge in [0.25, 0.3) is 0 Å². The van der Waals surface area contributed by atoms with Crippen LogP contribution in [0.2, 0.25) is 0 Å². The Kier molecular flexibility index (Phi) is 6.87. The molecule has 3 amide bonds. The molecule has 0 aromatic heterocycles.